The standard InChI is InChI=1S/C14H17NOS/c1-11(9-13-6-4-8-17-13)15-10-12-5-2-3-7-14(12)16/h2-8,11,15-16H,9-10H2,1H3. The second-order valence-corrected chi connectivity index (χ2v) is 5.23. The van der Waals surface area contributed by atoms with Gasteiger partial charge in [0, 0.05) is 23.0 Å². The van der Waals surface area contributed by atoms with Gasteiger partial charge in [0.15, 0.2) is 0 Å². The summed E-state index contributed by atoms with van der Waals surface area (Å²) in [4.78, 5) is 1.39. The van der Waals surface area contributed by atoms with E-state index >= 15 is 0 Å². The van der Waals surface area contributed by atoms with Crippen molar-refractivity contribution in [2.75, 3.05) is 0 Å². The van der Waals surface area contributed by atoms with Crippen molar-refractivity contribution in [3.8, 4) is 5.75 Å². The number of thiophene rings is 1. The molecule has 90 valence electrons. The molecule has 0 saturated carbocycles. The van der Waals surface area contributed by atoms with E-state index in [0.717, 1.165) is 12.0 Å². The van der Waals surface area contributed by atoms with Gasteiger partial charge in [-0.15, -0.1) is 11.3 Å². The fourth-order valence-corrected chi connectivity index (χ4v) is 2.58. The van der Waals surface area contributed by atoms with Crippen LogP contribution in [0.25, 0.3) is 0 Å². The van der Waals surface area contributed by atoms with E-state index in [4.69, 9.17) is 0 Å². The third-order valence-corrected chi connectivity index (χ3v) is 3.62. The van der Waals surface area contributed by atoms with Crippen LogP contribution >= 0.6 is 11.3 Å². The molecule has 0 amide bonds. The van der Waals surface area contributed by atoms with E-state index < -0.39 is 0 Å². The molecule has 1 atom stereocenters. The summed E-state index contributed by atoms with van der Waals surface area (Å²) in [5.74, 6) is 0.364. The number of hydrogen-bond acceptors (Lipinski definition) is 3. The summed E-state index contributed by atoms with van der Waals surface area (Å²) in [5, 5.41) is 15.2. The fourth-order valence-electron chi connectivity index (χ4n) is 1.75. The number of para-hydroxylation sites is 1. The highest BCUT2D eigenvalue weighted by atomic mass is 32.1. The van der Waals surface area contributed by atoms with Gasteiger partial charge in [0.05, 0.1) is 0 Å². The monoisotopic (exact) mass is 247 g/mol. The van der Waals surface area contributed by atoms with E-state index in [2.05, 4.69) is 29.8 Å². The van der Waals surface area contributed by atoms with Gasteiger partial charge >= 0.3 is 0 Å². The highest BCUT2D eigenvalue weighted by Crippen LogP contribution is 2.16. The summed E-state index contributed by atoms with van der Waals surface area (Å²) in [6.45, 7) is 2.87. The van der Waals surface area contributed by atoms with E-state index in [-0.39, 0.29) is 0 Å². The van der Waals surface area contributed by atoms with Gasteiger partial charge in [0.1, 0.15) is 5.75 Å². The van der Waals surface area contributed by atoms with Crippen molar-refractivity contribution in [1.82, 2.24) is 5.32 Å². The van der Waals surface area contributed by atoms with E-state index in [1.165, 1.54) is 4.88 Å². The van der Waals surface area contributed by atoms with Crippen molar-refractivity contribution >= 4 is 11.3 Å². The molecule has 2 aromatic rings. The van der Waals surface area contributed by atoms with Gasteiger partial charge in [-0.05, 0) is 30.9 Å². The lowest BCUT2D eigenvalue weighted by Gasteiger charge is -2.13. The van der Waals surface area contributed by atoms with Crippen molar-refractivity contribution in [3.05, 3.63) is 52.2 Å². The predicted molar refractivity (Wildman–Crippen MR) is 72.4 cm³/mol. The van der Waals surface area contributed by atoms with Crippen LogP contribution in [0.3, 0.4) is 0 Å². The zero-order chi connectivity index (χ0) is 12.1. The van der Waals surface area contributed by atoms with Crippen LogP contribution in [0, 0.1) is 0 Å². The molecular weight excluding hydrogens is 230 g/mol. The number of aromatic hydroxyl groups is 1. The molecule has 1 aromatic carbocycles. The Labute approximate surface area is 106 Å². The molecular formula is C14H17NOS. The molecule has 0 aliphatic heterocycles. The Balaban J connectivity index is 1.84. The molecule has 1 unspecified atom stereocenters. The average Bonchev–Trinajstić information content (AvgIpc) is 2.81. The Kier molecular flexibility index (Phi) is 4.18. The molecule has 2 N–H and O–H groups in total. The molecule has 0 radical (unpaired) electrons. The number of phenolic OH excluding ortho intramolecular Hbond substituents is 1. The maximum atomic E-state index is 9.64. The van der Waals surface area contributed by atoms with Crippen LogP contribution < -0.4 is 5.32 Å². The summed E-state index contributed by atoms with van der Waals surface area (Å²) in [5.41, 5.74) is 0.950. The minimum Gasteiger partial charge on any atom is -0.508 e. The molecule has 17 heavy (non-hydrogen) atoms. The molecule has 0 aliphatic rings. The Morgan fingerprint density at radius 3 is 2.76 bits per heavy atom. The average molecular weight is 247 g/mol. The fraction of sp³-hybridized carbons (Fsp3) is 0.286. The van der Waals surface area contributed by atoms with E-state index in [1.807, 2.05) is 18.2 Å². The second-order valence-electron chi connectivity index (χ2n) is 4.19. The summed E-state index contributed by atoms with van der Waals surface area (Å²) < 4.78 is 0. The van der Waals surface area contributed by atoms with Crippen LogP contribution in [0.4, 0.5) is 0 Å². The van der Waals surface area contributed by atoms with E-state index in [9.17, 15) is 5.11 Å². The number of rotatable bonds is 5. The van der Waals surface area contributed by atoms with Gasteiger partial charge in [-0.25, -0.2) is 0 Å². The lowest BCUT2D eigenvalue weighted by atomic mass is 10.1. The van der Waals surface area contributed by atoms with Crippen molar-refractivity contribution in [2.45, 2.75) is 25.9 Å². The van der Waals surface area contributed by atoms with Gasteiger partial charge in [-0.3, -0.25) is 0 Å². The Morgan fingerprint density at radius 1 is 1.24 bits per heavy atom. The molecule has 0 bridgehead atoms. The number of phenols is 1. The second kappa shape index (κ2) is 5.84. The summed E-state index contributed by atoms with van der Waals surface area (Å²) in [7, 11) is 0. The van der Waals surface area contributed by atoms with Crippen LogP contribution in [-0.4, -0.2) is 11.1 Å². The number of hydrogen-bond donors (Lipinski definition) is 2. The zero-order valence-corrected chi connectivity index (χ0v) is 10.7. The summed E-state index contributed by atoms with van der Waals surface area (Å²) in [6, 6.07) is 12.1. The van der Waals surface area contributed by atoms with Crippen LogP contribution in [0.15, 0.2) is 41.8 Å². The Bertz CT molecular complexity index is 453. The van der Waals surface area contributed by atoms with E-state index in [0.29, 0.717) is 18.3 Å². The summed E-state index contributed by atoms with van der Waals surface area (Å²) in [6.07, 6.45) is 1.03. The van der Waals surface area contributed by atoms with Gasteiger partial charge in [0.25, 0.3) is 0 Å². The zero-order valence-electron chi connectivity index (χ0n) is 9.89. The molecule has 3 heteroatoms. The first-order valence-corrected chi connectivity index (χ1v) is 6.66. The maximum absolute atomic E-state index is 9.64. The lowest BCUT2D eigenvalue weighted by molar-refractivity contribution is 0.459. The third kappa shape index (κ3) is 3.58. The van der Waals surface area contributed by atoms with Gasteiger partial charge in [-0.1, -0.05) is 24.3 Å². The van der Waals surface area contributed by atoms with Gasteiger partial charge < -0.3 is 10.4 Å². The van der Waals surface area contributed by atoms with Crippen molar-refractivity contribution in [2.24, 2.45) is 0 Å². The van der Waals surface area contributed by atoms with Gasteiger partial charge in [-0.2, -0.15) is 0 Å². The number of benzene rings is 1. The van der Waals surface area contributed by atoms with E-state index in [1.54, 1.807) is 17.4 Å². The van der Waals surface area contributed by atoms with Gasteiger partial charge in [0.2, 0.25) is 0 Å². The van der Waals surface area contributed by atoms with Crippen LogP contribution in [0.5, 0.6) is 5.75 Å². The first kappa shape index (κ1) is 12.1. The minimum absolute atomic E-state index is 0.364. The number of nitrogens with one attached hydrogen (secondary N) is 1. The van der Waals surface area contributed by atoms with Crippen LogP contribution in [0.1, 0.15) is 17.4 Å². The van der Waals surface area contributed by atoms with Crippen LogP contribution in [0.2, 0.25) is 0 Å². The largest absolute Gasteiger partial charge is 0.508 e. The topological polar surface area (TPSA) is 32.3 Å². The Hall–Kier alpha value is -1.32. The molecule has 2 nitrogen and oxygen atoms in total. The minimum atomic E-state index is 0.364. The molecule has 2 rings (SSSR count). The highest BCUT2D eigenvalue weighted by molar-refractivity contribution is 7.09. The van der Waals surface area contributed by atoms with Crippen LogP contribution in [-0.2, 0) is 13.0 Å². The molecule has 1 aromatic heterocycles. The quantitative estimate of drug-likeness (QED) is 0.850. The lowest BCUT2D eigenvalue weighted by Crippen LogP contribution is -2.27. The van der Waals surface area contributed by atoms with Crippen molar-refractivity contribution in [3.63, 3.8) is 0 Å². The smallest absolute Gasteiger partial charge is 0.120 e. The first-order valence-electron chi connectivity index (χ1n) is 5.78. The first-order chi connectivity index (χ1) is 8.25. The molecule has 1 heterocycles. The maximum Gasteiger partial charge on any atom is 0.120 e. The van der Waals surface area contributed by atoms with Crippen molar-refractivity contribution < 1.29 is 5.11 Å². The molecule has 0 saturated heterocycles. The summed E-state index contributed by atoms with van der Waals surface area (Å²) >= 11 is 1.79. The Morgan fingerprint density at radius 2 is 2.06 bits per heavy atom. The third-order valence-electron chi connectivity index (χ3n) is 2.72. The highest BCUT2D eigenvalue weighted by Gasteiger charge is 2.05. The molecule has 0 aliphatic carbocycles. The molecule has 0 fully saturated rings. The molecule has 0 spiro atoms. The van der Waals surface area contributed by atoms with Crippen molar-refractivity contribution in [1.29, 1.82) is 0 Å². The SMILES string of the molecule is CC(Cc1cccs1)NCc1ccccc1O. The predicted octanol–water partition coefficient (Wildman–Crippen LogP) is 3.17. The normalized spacial score (nSPS) is 12.5.